The molecule has 0 aliphatic heterocycles. The van der Waals surface area contributed by atoms with E-state index >= 15 is 0 Å². The molecule has 0 aliphatic carbocycles. The first-order chi connectivity index (χ1) is 11.0. The SMILES string of the molecule is CCCCc1nnc(S[C@H](C)C(=O)Nc2ccccc2C)n1N. The third-order valence-corrected chi connectivity index (χ3v) is 4.60. The van der Waals surface area contributed by atoms with Gasteiger partial charge in [-0.1, -0.05) is 43.3 Å². The molecule has 0 spiro atoms. The number of hydrogen-bond donors (Lipinski definition) is 2. The Morgan fingerprint density at radius 3 is 2.83 bits per heavy atom. The number of thioether (sulfide) groups is 1. The summed E-state index contributed by atoms with van der Waals surface area (Å²) in [4.78, 5) is 12.3. The minimum Gasteiger partial charge on any atom is -0.336 e. The van der Waals surface area contributed by atoms with Gasteiger partial charge < -0.3 is 11.2 Å². The second-order valence-electron chi connectivity index (χ2n) is 5.44. The molecule has 1 atom stereocenters. The Hall–Kier alpha value is -2.02. The van der Waals surface area contributed by atoms with Crippen LogP contribution in [-0.2, 0) is 11.2 Å². The van der Waals surface area contributed by atoms with Gasteiger partial charge in [-0.2, -0.15) is 0 Å². The summed E-state index contributed by atoms with van der Waals surface area (Å²) >= 11 is 1.31. The number of amides is 1. The molecule has 2 rings (SSSR count). The number of carbonyl (C=O) groups excluding carboxylic acids is 1. The van der Waals surface area contributed by atoms with E-state index in [2.05, 4.69) is 22.4 Å². The van der Waals surface area contributed by atoms with Gasteiger partial charge in [0.1, 0.15) is 0 Å². The first kappa shape index (κ1) is 17.3. The number of anilines is 1. The predicted molar refractivity (Wildman–Crippen MR) is 93.9 cm³/mol. The van der Waals surface area contributed by atoms with E-state index in [0.717, 1.165) is 36.3 Å². The predicted octanol–water partition coefficient (Wildman–Crippen LogP) is 2.76. The van der Waals surface area contributed by atoms with Crippen LogP contribution >= 0.6 is 11.8 Å². The van der Waals surface area contributed by atoms with E-state index < -0.39 is 0 Å². The van der Waals surface area contributed by atoms with Crippen molar-refractivity contribution in [2.24, 2.45) is 0 Å². The van der Waals surface area contributed by atoms with Crippen molar-refractivity contribution in [3.05, 3.63) is 35.7 Å². The highest BCUT2D eigenvalue weighted by molar-refractivity contribution is 8.00. The highest BCUT2D eigenvalue weighted by Crippen LogP contribution is 2.23. The third kappa shape index (κ3) is 4.48. The van der Waals surface area contributed by atoms with Crippen LogP contribution in [0.1, 0.15) is 38.1 Å². The summed E-state index contributed by atoms with van der Waals surface area (Å²) in [6, 6.07) is 7.69. The van der Waals surface area contributed by atoms with Gasteiger partial charge in [0.15, 0.2) is 5.82 Å². The molecule has 0 bridgehead atoms. The van der Waals surface area contributed by atoms with E-state index in [1.165, 1.54) is 16.4 Å². The van der Waals surface area contributed by atoms with Crippen molar-refractivity contribution >= 4 is 23.4 Å². The highest BCUT2D eigenvalue weighted by Gasteiger charge is 2.19. The minimum atomic E-state index is -0.319. The van der Waals surface area contributed by atoms with Gasteiger partial charge in [-0.3, -0.25) is 4.79 Å². The molecule has 1 aromatic carbocycles. The zero-order valence-corrected chi connectivity index (χ0v) is 14.6. The monoisotopic (exact) mass is 333 g/mol. The van der Waals surface area contributed by atoms with Crippen LogP contribution in [0.3, 0.4) is 0 Å². The maximum absolute atomic E-state index is 12.3. The Morgan fingerprint density at radius 2 is 2.13 bits per heavy atom. The van der Waals surface area contributed by atoms with Crippen molar-refractivity contribution in [2.75, 3.05) is 11.2 Å². The lowest BCUT2D eigenvalue weighted by atomic mass is 10.2. The standard InChI is InChI=1S/C16H23N5OS/c1-4-5-10-14-19-20-16(21(14)17)23-12(3)15(22)18-13-9-7-6-8-11(13)2/h6-9,12H,4-5,10,17H2,1-3H3,(H,18,22)/t12-/m1/s1. The quantitative estimate of drug-likeness (QED) is 0.601. The third-order valence-electron chi connectivity index (χ3n) is 3.54. The molecule has 0 saturated carbocycles. The number of benzene rings is 1. The summed E-state index contributed by atoms with van der Waals surface area (Å²) in [5.74, 6) is 6.68. The number of unbranched alkanes of at least 4 members (excludes halogenated alkanes) is 1. The van der Waals surface area contributed by atoms with Crippen LogP contribution in [0.2, 0.25) is 0 Å². The zero-order valence-electron chi connectivity index (χ0n) is 13.7. The van der Waals surface area contributed by atoms with Gasteiger partial charge in [-0.25, -0.2) is 4.68 Å². The molecule has 1 aromatic heterocycles. The average Bonchev–Trinajstić information content (AvgIpc) is 2.88. The topological polar surface area (TPSA) is 85.8 Å². The Balaban J connectivity index is 1.98. The zero-order chi connectivity index (χ0) is 16.8. The fourth-order valence-corrected chi connectivity index (χ4v) is 2.84. The smallest absolute Gasteiger partial charge is 0.237 e. The molecule has 0 aliphatic rings. The van der Waals surface area contributed by atoms with Gasteiger partial charge in [0.25, 0.3) is 0 Å². The molecule has 2 aromatic rings. The van der Waals surface area contributed by atoms with Gasteiger partial charge in [-0.05, 0) is 31.9 Å². The molecule has 0 unspecified atom stereocenters. The largest absolute Gasteiger partial charge is 0.336 e. The Labute approximate surface area is 140 Å². The van der Waals surface area contributed by atoms with Crippen molar-refractivity contribution in [3.63, 3.8) is 0 Å². The number of nitrogen functional groups attached to an aromatic ring is 1. The van der Waals surface area contributed by atoms with Crippen LogP contribution in [-0.4, -0.2) is 26.0 Å². The number of nitrogens with two attached hydrogens (primary N) is 1. The Morgan fingerprint density at radius 1 is 1.39 bits per heavy atom. The Kier molecular flexibility index (Phi) is 6.04. The van der Waals surface area contributed by atoms with Crippen LogP contribution in [0.15, 0.2) is 29.4 Å². The molecule has 7 heteroatoms. The summed E-state index contributed by atoms with van der Waals surface area (Å²) in [6.07, 6.45) is 2.89. The van der Waals surface area contributed by atoms with E-state index in [9.17, 15) is 4.79 Å². The molecular formula is C16H23N5OS. The van der Waals surface area contributed by atoms with Crippen molar-refractivity contribution in [2.45, 2.75) is 50.4 Å². The second kappa shape index (κ2) is 8.01. The lowest BCUT2D eigenvalue weighted by molar-refractivity contribution is -0.115. The van der Waals surface area contributed by atoms with E-state index in [1.807, 2.05) is 38.1 Å². The first-order valence-corrected chi connectivity index (χ1v) is 8.63. The van der Waals surface area contributed by atoms with Crippen LogP contribution < -0.4 is 11.2 Å². The number of para-hydroxylation sites is 1. The fraction of sp³-hybridized carbons (Fsp3) is 0.438. The molecule has 124 valence electrons. The van der Waals surface area contributed by atoms with Crippen LogP contribution in [0, 0.1) is 6.92 Å². The molecule has 0 fully saturated rings. The van der Waals surface area contributed by atoms with E-state index in [0.29, 0.717) is 5.16 Å². The lowest BCUT2D eigenvalue weighted by Crippen LogP contribution is -2.24. The van der Waals surface area contributed by atoms with Gasteiger partial charge in [0.05, 0.1) is 5.25 Å². The van der Waals surface area contributed by atoms with Crippen LogP contribution in [0.25, 0.3) is 0 Å². The van der Waals surface area contributed by atoms with Crippen LogP contribution in [0.4, 0.5) is 5.69 Å². The molecule has 0 saturated heterocycles. The number of aromatic nitrogens is 3. The summed E-state index contributed by atoms with van der Waals surface area (Å²) < 4.78 is 1.48. The van der Waals surface area contributed by atoms with Crippen molar-refractivity contribution in [3.8, 4) is 0 Å². The average molecular weight is 333 g/mol. The van der Waals surface area contributed by atoms with E-state index in [-0.39, 0.29) is 11.2 Å². The molecule has 1 amide bonds. The van der Waals surface area contributed by atoms with Crippen molar-refractivity contribution < 1.29 is 4.79 Å². The van der Waals surface area contributed by atoms with Gasteiger partial charge >= 0.3 is 0 Å². The summed E-state index contributed by atoms with van der Waals surface area (Å²) in [6.45, 7) is 5.91. The maximum atomic E-state index is 12.3. The summed E-state index contributed by atoms with van der Waals surface area (Å²) in [5, 5.41) is 11.4. The minimum absolute atomic E-state index is 0.0811. The molecule has 1 heterocycles. The van der Waals surface area contributed by atoms with Gasteiger partial charge in [0.2, 0.25) is 11.1 Å². The fourth-order valence-electron chi connectivity index (χ4n) is 2.05. The molecule has 0 radical (unpaired) electrons. The number of nitrogens with zero attached hydrogens (tertiary/aromatic N) is 3. The van der Waals surface area contributed by atoms with Crippen molar-refractivity contribution in [1.82, 2.24) is 14.9 Å². The maximum Gasteiger partial charge on any atom is 0.237 e. The highest BCUT2D eigenvalue weighted by atomic mass is 32.2. The van der Waals surface area contributed by atoms with Gasteiger partial charge in [0, 0.05) is 12.1 Å². The van der Waals surface area contributed by atoms with Crippen molar-refractivity contribution in [1.29, 1.82) is 0 Å². The van der Waals surface area contributed by atoms with E-state index in [4.69, 9.17) is 5.84 Å². The normalized spacial score (nSPS) is 12.1. The number of nitrogens with one attached hydrogen (secondary N) is 1. The molecular weight excluding hydrogens is 310 g/mol. The first-order valence-electron chi connectivity index (χ1n) is 7.75. The molecule has 3 N–H and O–H groups in total. The molecule has 6 nitrogen and oxygen atoms in total. The number of carbonyl (C=O) groups is 1. The molecule has 23 heavy (non-hydrogen) atoms. The lowest BCUT2D eigenvalue weighted by Gasteiger charge is -2.13. The summed E-state index contributed by atoms with van der Waals surface area (Å²) in [5.41, 5.74) is 1.85. The second-order valence-corrected chi connectivity index (χ2v) is 6.74. The Bertz CT molecular complexity index is 670. The number of rotatable bonds is 7. The number of aryl methyl sites for hydroxylation is 2. The number of hydrogen-bond acceptors (Lipinski definition) is 5. The van der Waals surface area contributed by atoms with Crippen LogP contribution in [0.5, 0.6) is 0 Å². The van der Waals surface area contributed by atoms with E-state index in [1.54, 1.807) is 0 Å². The summed E-state index contributed by atoms with van der Waals surface area (Å²) in [7, 11) is 0. The van der Waals surface area contributed by atoms with Gasteiger partial charge in [-0.15, -0.1) is 10.2 Å².